The van der Waals surface area contributed by atoms with E-state index in [1.54, 1.807) is 12.4 Å². The van der Waals surface area contributed by atoms with Crippen molar-refractivity contribution in [3.8, 4) is 0 Å². The van der Waals surface area contributed by atoms with Gasteiger partial charge in [-0.25, -0.2) is 0 Å². The first kappa shape index (κ1) is 16.0. The Balaban J connectivity index is 1.59. The van der Waals surface area contributed by atoms with Gasteiger partial charge >= 0.3 is 0 Å². The van der Waals surface area contributed by atoms with E-state index >= 15 is 0 Å². The number of carbonyl (C=O) groups is 1. The van der Waals surface area contributed by atoms with Crippen molar-refractivity contribution in [1.29, 1.82) is 0 Å². The van der Waals surface area contributed by atoms with E-state index in [2.05, 4.69) is 4.98 Å². The average Bonchev–Trinajstić information content (AvgIpc) is 2.58. The van der Waals surface area contributed by atoms with Gasteiger partial charge in [0.05, 0.1) is 19.1 Å². The van der Waals surface area contributed by atoms with E-state index in [9.17, 15) is 4.79 Å². The third-order valence-electron chi connectivity index (χ3n) is 3.98. The Morgan fingerprint density at radius 2 is 2.17 bits per heavy atom. The number of carbonyl (C=O) groups excluding carboxylic acids is 1. The Bertz CT molecular complexity index is 663. The molecule has 4 nitrogen and oxygen atoms in total. The van der Waals surface area contributed by atoms with Crippen LogP contribution in [-0.2, 0) is 22.4 Å². The molecule has 23 heavy (non-hydrogen) atoms. The molecule has 1 aromatic carbocycles. The minimum atomic E-state index is -0.0125. The Kier molecular flexibility index (Phi) is 5.26. The van der Waals surface area contributed by atoms with Gasteiger partial charge in [-0.3, -0.25) is 9.78 Å². The molecule has 1 saturated heterocycles. The summed E-state index contributed by atoms with van der Waals surface area (Å²) in [5.74, 6) is 0.116. The van der Waals surface area contributed by atoms with Gasteiger partial charge in [0.15, 0.2) is 0 Å². The van der Waals surface area contributed by atoms with E-state index < -0.39 is 0 Å². The van der Waals surface area contributed by atoms with Gasteiger partial charge in [-0.15, -0.1) is 0 Å². The summed E-state index contributed by atoms with van der Waals surface area (Å²) < 4.78 is 5.80. The lowest BCUT2D eigenvalue weighted by atomic mass is 10.1. The molecule has 0 unspecified atom stereocenters. The number of amides is 1. The highest BCUT2D eigenvalue weighted by molar-refractivity contribution is 6.31. The molecule has 1 atom stereocenters. The van der Waals surface area contributed by atoms with Crippen LogP contribution in [0.4, 0.5) is 0 Å². The van der Waals surface area contributed by atoms with Gasteiger partial charge in [0.1, 0.15) is 0 Å². The summed E-state index contributed by atoms with van der Waals surface area (Å²) in [7, 11) is 0. The molecule has 120 valence electrons. The quantitative estimate of drug-likeness (QED) is 0.865. The van der Waals surface area contributed by atoms with Crippen LogP contribution in [0.15, 0.2) is 48.8 Å². The molecule has 1 amide bonds. The first-order valence-corrected chi connectivity index (χ1v) is 8.12. The average molecular weight is 331 g/mol. The second kappa shape index (κ2) is 7.57. The van der Waals surface area contributed by atoms with Gasteiger partial charge in [-0.2, -0.15) is 0 Å². The van der Waals surface area contributed by atoms with Crippen molar-refractivity contribution < 1.29 is 9.53 Å². The molecule has 3 rings (SSSR count). The summed E-state index contributed by atoms with van der Waals surface area (Å²) in [5.41, 5.74) is 1.99. The van der Waals surface area contributed by atoms with Crippen LogP contribution in [0, 0.1) is 0 Å². The maximum absolute atomic E-state index is 12.4. The van der Waals surface area contributed by atoms with E-state index in [-0.39, 0.29) is 12.0 Å². The number of benzene rings is 1. The zero-order valence-corrected chi connectivity index (χ0v) is 13.6. The van der Waals surface area contributed by atoms with Crippen molar-refractivity contribution in [3.63, 3.8) is 0 Å². The van der Waals surface area contributed by atoms with Gasteiger partial charge in [-0.05, 0) is 23.3 Å². The monoisotopic (exact) mass is 330 g/mol. The zero-order chi connectivity index (χ0) is 16.1. The lowest BCUT2D eigenvalue weighted by molar-refractivity contribution is -0.138. The van der Waals surface area contributed by atoms with Gasteiger partial charge in [-0.1, -0.05) is 35.9 Å². The number of aromatic nitrogens is 1. The molecular weight excluding hydrogens is 312 g/mol. The molecule has 2 aromatic rings. The molecule has 0 N–H and O–H groups in total. The third kappa shape index (κ3) is 4.30. The number of pyridine rings is 1. The molecule has 1 aromatic heterocycles. The lowest BCUT2D eigenvalue weighted by Crippen LogP contribution is -2.46. The largest absolute Gasteiger partial charge is 0.374 e. The van der Waals surface area contributed by atoms with Gasteiger partial charge in [0, 0.05) is 36.9 Å². The van der Waals surface area contributed by atoms with Crippen LogP contribution in [0.2, 0.25) is 5.02 Å². The smallest absolute Gasteiger partial charge is 0.227 e. The summed E-state index contributed by atoms with van der Waals surface area (Å²) >= 11 is 6.21. The Morgan fingerprint density at radius 3 is 2.96 bits per heavy atom. The highest BCUT2D eigenvalue weighted by Crippen LogP contribution is 2.19. The number of hydrogen-bond donors (Lipinski definition) is 0. The fourth-order valence-corrected chi connectivity index (χ4v) is 2.98. The van der Waals surface area contributed by atoms with Crippen LogP contribution < -0.4 is 0 Å². The second-order valence-electron chi connectivity index (χ2n) is 5.67. The normalized spacial score (nSPS) is 18.0. The predicted molar refractivity (Wildman–Crippen MR) is 89.4 cm³/mol. The Hall–Kier alpha value is -1.91. The van der Waals surface area contributed by atoms with Crippen molar-refractivity contribution in [1.82, 2.24) is 9.88 Å². The summed E-state index contributed by atoms with van der Waals surface area (Å²) in [5, 5.41) is 0.745. The van der Waals surface area contributed by atoms with Crippen molar-refractivity contribution in [2.75, 3.05) is 19.7 Å². The van der Waals surface area contributed by atoms with Crippen LogP contribution >= 0.6 is 11.6 Å². The molecule has 0 aliphatic carbocycles. The van der Waals surface area contributed by atoms with E-state index in [1.165, 1.54) is 0 Å². The van der Waals surface area contributed by atoms with Gasteiger partial charge in [0.25, 0.3) is 0 Å². The number of ether oxygens (including phenoxy) is 1. The molecule has 1 fully saturated rings. The topological polar surface area (TPSA) is 42.4 Å². The molecular formula is C18H19ClN2O2. The van der Waals surface area contributed by atoms with Crippen LogP contribution in [-0.4, -0.2) is 41.6 Å². The molecule has 0 radical (unpaired) electrons. The van der Waals surface area contributed by atoms with E-state index in [0.29, 0.717) is 26.1 Å². The molecule has 0 saturated carbocycles. The number of nitrogens with zero attached hydrogens (tertiary/aromatic N) is 2. The summed E-state index contributed by atoms with van der Waals surface area (Å²) in [6.07, 6.45) is 4.53. The minimum Gasteiger partial charge on any atom is -0.374 e. The van der Waals surface area contributed by atoms with Crippen molar-refractivity contribution in [2.45, 2.75) is 18.9 Å². The summed E-state index contributed by atoms with van der Waals surface area (Å²) in [4.78, 5) is 18.4. The number of morpholine rings is 1. The number of rotatable bonds is 4. The molecule has 2 heterocycles. The van der Waals surface area contributed by atoms with Crippen molar-refractivity contribution >= 4 is 17.5 Å². The Morgan fingerprint density at radius 1 is 1.30 bits per heavy atom. The molecule has 0 bridgehead atoms. The van der Waals surface area contributed by atoms with Crippen molar-refractivity contribution in [3.05, 3.63) is 64.9 Å². The van der Waals surface area contributed by atoms with Crippen LogP contribution in [0.25, 0.3) is 0 Å². The third-order valence-corrected chi connectivity index (χ3v) is 4.34. The fraction of sp³-hybridized carbons (Fsp3) is 0.333. The maximum atomic E-state index is 12.4. The first-order chi connectivity index (χ1) is 11.2. The summed E-state index contributed by atoms with van der Waals surface area (Å²) in [6, 6.07) is 11.5. The SMILES string of the molecule is O=C(Cc1cccnc1)N1CCO[C@H](Cc2ccccc2Cl)C1. The second-order valence-corrected chi connectivity index (χ2v) is 6.07. The molecule has 5 heteroatoms. The fourth-order valence-electron chi connectivity index (χ4n) is 2.77. The van der Waals surface area contributed by atoms with E-state index in [0.717, 1.165) is 22.6 Å². The van der Waals surface area contributed by atoms with Gasteiger partial charge in [0.2, 0.25) is 5.91 Å². The number of hydrogen-bond acceptors (Lipinski definition) is 3. The highest BCUT2D eigenvalue weighted by atomic mass is 35.5. The molecule has 0 spiro atoms. The standard InChI is InChI=1S/C18H19ClN2O2/c19-17-6-2-1-5-15(17)11-16-13-21(8-9-23-16)18(22)10-14-4-3-7-20-12-14/h1-7,12,16H,8-11,13H2/t16-/m1/s1. The minimum absolute atomic E-state index is 0.0125. The van der Waals surface area contributed by atoms with Gasteiger partial charge < -0.3 is 9.64 Å². The maximum Gasteiger partial charge on any atom is 0.227 e. The van der Waals surface area contributed by atoms with Crippen LogP contribution in [0.5, 0.6) is 0 Å². The molecule has 1 aliphatic heterocycles. The van der Waals surface area contributed by atoms with Crippen LogP contribution in [0.3, 0.4) is 0 Å². The summed E-state index contributed by atoms with van der Waals surface area (Å²) in [6.45, 7) is 1.80. The first-order valence-electron chi connectivity index (χ1n) is 7.74. The van der Waals surface area contributed by atoms with Crippen LogP contribution in [0.1, 0.15) is 11.1 Å². The Labute approximate surface area is 141 Å². The van der Waals surface area contributed by atoms with E-state index in [1.807, 2.05) is 41.3 Å². The zero-order valence-electron chi connectivity index (χ0n) is 12.8. The lowest BCUT2D eigenvalue weighted by Gasteiger charge is -2.33. The van der Waals surface area contributed by atoms with Crippen molar-refractivity contribution in [2.24, 2.45) is 0 Å². The number of halogens is 1. The highest BCUT2D eigenvalue weighted by Gasteiger charge is 2.24. The van der Waals surface area contributed by atoms with E-state index in [4.69, 9.17) is 16.3 Å². The molecule has 1 aliphatic rings. The predicted octanol–water partition coefficient (Wildman–Crippen LogP) is 2.75.